The van der Waals surface area contributed by atoms with E-state index in [4.69, 9.17) is 9.47 Å². The third-order valence-electron chi connectivity index (χ3n) is 3.92. The summed E-state index contributed by atoms with van der Waals surface area (Å²) < 4.78 is 33.5. The fraction of sp³-hybridized carbons (Fsp3) is 0.467. The lowest BCUT2D eigenvalue weighted by atomic mass is 10.1. The second kappa shape index (κ2) is 6.68. The largest absolute Gasteiger partial charge is 0.486 e. The first-order valence-corrected chi connectivity index (χ1v) is 9.44. The number of benzene rings is 1. The highest BCUT2D eigenvalue weighted by molar-refractivity contribution is 7.91. The number of fused-ring (bicyclic) bond motifs is 1. The molecule has 1 aromatic rings. The molecule has 2 amide bonds. The number of nitrogens with one attached hydrogen (secondary N) is 2. The fourth-order valence-corrected chi connectivity index (χ4v) is 4.59. The van der Waals surface area contributed by atoms with Gasteiger partial charge in [-0.25, -0.2) is 8.42 Å². The molecule has 1 fully saturated rings. The van der Waals surface area contributed by atoms with Crippen LogP contribution in [0.2, 0.25) is 0 Å². The second-order valence-corrected chi connectivity index (χ2v) is 8.06. The first-order chi connectivity index (χ1) is 11.4. The van der Waals surface area contributed by atoms with Crippen molar-refractivity contribution in [2.24, 2.45) is 5.92 Å². The Morgan fingerprint density at radius 1 is 1.12 bits per heavy atom. The number of sulfone groups is 1. The van der Waals surface area contributed by atoms with Crippen LogP contribution >= 0.6 is 0 Å². The highest BCUT2D eigenvalue weighted by Crippen LogP contribution is 2.30. The van der Waals surface area contributed by atoms with Gasteiger partial charge in [0.2, 0.25) is 5.91 Å². The van der Waals surface area contributed by atoms with Gasteiger partial charge in [-0.15, -0.1) is 0 Å². The first kappa shape index (κ1) is 16.6. The normalized spacial score (nSPS) is 21.1. The summed E-state index contributed by atoms with van der Waals surface area (Å²) in [6.45, 7) is 0.880. The maximum Gasteiger partial charge on any atom is 0.269 e. The Hall–Kier alpha value is -2.29. The van der Waals surface area contributed by atoms with Gasteiger partial charge in [0.1, 0.15) is 13.2 Å². The van der Waals surface area contributed by atoms with Crippen LogP contribution < -0.4 is 20.3 Å². The number of carbonyl (C=O) groups is 2. The summed E-state index contributed by atoms with van der Waals surface area (Å²) in [6, 6.07) is 4.74. The predicted molar refractivity (Wildman–Crippen MR) is 84.4 cm³/mol. The van der Waals surface area contributed by atoms with Crippen LogP contribution in [0, 0.1) is 5.92 Å². The standard InChI is InChI=1S/C15H18N2O6S/c18-14(7-10-3-6-24(20,21)9-10)16-17-15(19)11-1-2-12-13(8-11)23-5-4-22-12/h1-2,8,10H,3-7,9H2,(H,16,18)(H,17,19). The molecule has 2 aliphatic heterocycles. The van der Waals surface area contributed by atoms with Crippen LogP contribution in [0.15, 0.2) is 18.2 Å². The molecule has 8 nitrogen and oxygen atoms in total. The molecule has 0 spiro atoms. The molecule has 9 heteroatoms. The molecule has 1 saturated heterocycles. The number of amides is 2. The third-order valence-corrected chi connectivity index (χ3v) is 5.76. The van der Waals surface area contributed by atoms with Crippen molar-refractivity contribution < 1.29 is 27.5 Å². The molecule has 2 N–H and O–H groups in total. The van der Waals surface area contributed by atoms with E-state index in [1.54, 1.807) is 18.2 Å². The van der Waals surface area contributed by atoms with Crippen LogP contribution in [0.1, 0.15) is 23.2 Å². The summed E-state index contributed by atoms with van der Waals surface area (Å²) in [5, 5.41) is 0. The van der Waals surface area contributed by atoms with Gasteiger partial charge in [-0.1, -0.05) is 0 Å². The van der Waals surface area contributed by atoms with E-state index in [0.29, 0.717) is 36.7 Å². The van der Waals surface area contributed by atoms with Gasteiger partial charge in [0, 0.05) is 12.0 Å². The van der Waals surface area contributed by atoms with Crippen molar-refractivity contribution in [3.05, 3.63) is 23.8 Å². The minimum atomic E-state index is -3.02. The Labute approximate surface area is 139 Å². The van der Waals surface area contributed by atoms with Crippen molar-refractivity contribution in [1.29, 1.82) is 0 Å². The van der Waals surface area contributed by atoms with E-state index in [-0.39, 0.29) is 23.8 Å². The zero-order valence-electron chi connectivity index (χ0n) is 12.9. The molecular weight excluding hydrogens is 336 g/mol. The van der Waals surface area contributed by atoms with Crippen LogP contribution in [0.3, 0.4) is 0 Å². The van der Waals surface area contributed by atoms with Gasteiger partial charge in [0.25, 0.3) is 5.91 Å². The lowest BCUT2D eigenvalue weighted by Crippen LogP contribution is -2.42. The summed E-state index contributed by atoms with van der Waals surface area (Å²) in [5.74, 6) is 0.106. The van der Waals surface area contributed by atoms with Gasteiger partial charge in [-0.3, -0.25) is 20.4 Å². The molecule has 0 aromatic heterocycles. The van der Waals surface area contributed by atoms with Crippen LogP contribution in [-0.2, 0) is 14.6 Å². The topological polar surface area (TPSA) is 111 Å². The Balaban J connectivity index is 1.51. The smallest absolute Gasteiger partial charge is 0.269 e. The molecule has 24 heavy (non-hydrogen) atoms. The van der Waals surface area contributed by atoms with Crippen molar-refractivity contribution in [2.45, 2.75) is 12.8 Å². The Bertz CT molecular complexity index is 761. The van der Waals surface area contributed by atoms with E-state index in [2.05, 4.69) is 10.9 Å². The van der Waals surface area contributed by atoms with Crippen molar-refractivity contribution >= 4 is 21.7 Å². The molecular formula is C15H18N2O6S. The SMILES string of the molecule is O=C(CC1CCS(=O)(=O)C1)NNC(=O)c1ccc2c(c1)OCCO2. The number of carbonyl (C=O) groups excluding carboxylic acids is 2. The molecule has 0 aliphatic carbocycles. The summed E-state index contributed by atoms with van der Waals surface area (Å²) in [5.41, 5.74) is 4.95. The van der Waals surface area contributed by atoms with Gasteiger partial charge in [0.05, 0.1) is 11.5 Å². The molecule has 0 bridgehead atoms. The maximum absolute atomic E-state index is 12.1. The van der Waals surface area contributed by atoms with Crippen molar-refractivity contribution in [3.63, 3.8) is 0 Å². The lowest BCUT2D eigenvalue weighted by Gasteiger charge is -2.18. The molecule has 1 aromatic carbocycles. The van der Waals surface area contributed by atoms with Gasteiger partial charge in [0.15, 0.2) is 21.3 Å². The van der Waals surface area contributed by atoms with Gasteiger partial charge >= 0.3 is 0 Å². The van der Waals surface area contributed by atoms with E-state index >= 15 is 0 Å². The summed E-state index contributed by atoms with van der Waals surface area (Å²) in [7, 11) is -3.02. The summed E-state index contributed by atoms with van der Waals surface area (Å²) >= 11 is 0. The molecule has 0 radical (unpaired) electrons. The predicted octanol–water partition coefficient (Wildman–Crippen LogP) is 0.0436. The Morgan fingerprint density at radius 3 is 2.58 bits per heavy atom. The average Bonchev–Trinajstić information content (AvgIpc) is 2.90. The Morgan fingerprint density at radius 2 is 1.88 bits per heavy atom. The van der Waals surface area contributed by atoms with E-state index in [1.807, 2.05) is 0 Å². The molecule has 1 atom stereocenters. The molecule has 0 saturated carbocycles. The minimum Gasteiger partial charge on any atom is -0.486 e. The average molecular weight is 354 g/mol. The van der Waals surface area contributed by atoms with Gasteiger partial charge < -0.3 is 9.47 Å². The van der Waals surface area contributed by atoms with Crippen LogP contribution in [-0.4, -0.2) is 45.0 Å². The van der Waals surface area contributed by atoms with E-state index in [9.17, 15) is 18.0 Å². The van der Waals surface area contributed by atoms with E-state index in [1.165, 1.54) is 0 Å². The molecule has 3 rings (SSSR count). The van der Waals surface area contributed by atoms with Crippen LogP contribution in [0.25, 0.3) is 0 Å². The van der Waals surface area contributed by atoms with Crippen molar-refractivity contribution in [1.82, 2.24) is 10.9 Å². The summed E-state index contributed by atoms with van der Waals surface area (Å²) in [4.78, 5) is 23.9. The number of hydrogen-bond donors (Lipinski definition) is 2. The second-order valence-electron chi connectivity index (χ2n) is 5.83. The number of rotatable bonds is 3. The van der Waals surface area contributed by atoms with Crippen molar-refractivity contribution in [3.8, 4) is 11.5 Å². The van der Waals surface area contributed by atoms with E-state index < -0.39 is 21.7 Å². The quantitative estimate of drug-likeness (QED) is 0.742. The molecule has 2 heterocycles. The monoisotopic (exact) mass is 354 g/mol. The number of ether oxygens (including phenoxy) is 2. The highest BCUT2D eigenvalue weighted by Gasteiger charge is 2.29. The minimum absolute atomic E-state index is 0.0243. The molecule has 130 valence electrons. The van der Waals surface area contributed by atoms with Crippen molar-refractivity contribution in [2.75, 3.05) is 24.7 Å². The first-order valence-electron chi connectivity index (χ1n) is 7.62. The zero-order chi connectivity index (χ0) is 17.2. The fourth-order valence-electron chi connectivity index (χ4n) is 2.73. The van der Waals surface area contributed by atoms with Gasteiger partial charge in [-0.05, 0) is 30.5 Å². The summed E-state index contributed by atoms with van der Waals surface area (Å²) in [6.07, 6.45) is 0.548. The highest BCUT2D eigenvalue weighted by atomic mass is 32.2. The van der Waals surface area contributed by atoms with E-state index in [0.717, 1.165) is 0 Å². The zero-order valence-corrected chi connectivity index (χ0v) is 13.7. The molecule has 1 unspecified atom stereocenters. The molecule has 2 aliphatic rings. The van der Waals surface area contributed by atoms with Crippen LogP contribution in [0.4, 0.5) is 0 Å². The van der Waals surface area contributed by atoms with Gasteiger partial charge in [-0.2, -0.15) is 0 Å². The van der Waals surface area contributed by atoms with Crippen LogP contribution in [0.5, 0.6) is 11.5 Å². The Kier molecular flexibility index (Phi) is 4.61. The third kappa shape index (κ3) is 3.97. The number of hydrogen-bond acceptors (Lipinski definition) is 6. The maximum atomic E-state index is 12.1. The number of hydrazine groups is 1. The lowest BCUT2D eigenvalue weighted by molar-refractivity contribution is -0.122.